The predicted molar refractivity (Wildman–Crippen MR) is 62.5 cm³/mol. The van der Waals surface area contributed by atoms with E-state index in [9.17, 15) is 13.6 Å². The van der Waals surface area contributed by atoms with E-state index in [1.807, 2.05) is 0 Å². The highest BCUT2D eigenvalue weighted by molar-refractivity contribution is 5.68. The van der Waals surface area contributed by atoms with Gasteiger partial charge in [0, 0.05) is 32.2 Å². The van der Waals surface area contributed by atoms with Gasteiger partial charge in [-0.25, -0.2) is 13.6 Å². The minimum Gasteiger partial charge on any atom is -0.453 e. The fourth-order valence-corrected chi connectivity index (χ4v) is 2.00. The molecule has 0 saturated carbocycles. The highest BCUT2D eigenvalue weighted by Gasteiger charge is 2.23. The predicted octanol–water partition coefficient (Wildman–Crippen LogP) is 1.85. The number of ether oxygens (including phenoxy) is 1. The fourth-order valence-electron chi connectivity index (χ4n) is 2.00. The van der Waals surface area contributed by atoms with Gasteiger partial charge in [-0.05, 0) is 12.1 Å². The Balaban J connectivity index is 2.03. The Labute approximate surface area is 104 Å². The summed E-state index contributed by atoms with van der Waals surface area (Å²) in [7, 11) is 1.33. The van der Waals surface area contributed by atoms with Crippen molar-refractivity contribution in [3.63, 3.8) is 0 Å². The van der Waals surface area contributed by atoms with E-state index in [0.29, 0.717) is 31.9 Å². The van der Waals surface area contributed by atoms with Crippen LogP contribution < -0.4 is 4.90 Å². The molecule has 6 heteroatoms. The van der Waals surface area contributed by atoms with Crippen molar-refractivity contribution in [2.24, 2.45) is 0 Å². The smallest absolute Gasteiger partial charge is 0.409 e. The van der Waals surface area contributed by atoms with Gasteiger partial charge >= 0.3 is 6.09 Å². The summed E-state index contributed by atoms with van der Waals surface area (Å²) in [4.78, 5) is 14.6. The molecule has 0 N–H and O–H groups in total. The van der Waals surface area contributed by atoms with Gasteiger partial charge in [-0.15, -0.1) is 0 Å². The molecule has 0 atom stereocenters. The summed E-state index contributed by atoms with van der Waals surface area (Å²) in [5, 5.41) is 0. The average molecular weight is 256 g/mol. The van der Waals surface area contributed by atoms with Crippen LogP contribution in [0.15, 0.2) is 18.2 Å². The van der Waals surface area contributed by atoms with Gasteiger partial charge in [-0.2, -0.15) is 0 Å². The lowest BCUT2D eigenvalue weighted by Gasteiger charge is -2.35. The van der Waals surface area contributed by atoms with Crippen LogP contribution in [0.4, 0.5) is 19.3 Å². The Hall–Kier alpha value is -1.85. The molecule has 1 amide bonds. The van der Waals surface area contributed by atoms with Gasteiger partial charge in [0.1, 0.15) is 11.6 Å². The molecule has 1 aromatic carbocycles. The maximum absolute atomic E-state index is 13.6. The van der Waals surface area contributed by atoms with E-state index in [0.717, 1.165) is 6.07 Å². The monoisotopic (exact) mass is 256 g/mol. The summed E-state index contributed by atoms with van der Waals surface area (Å²) in [5.74, 6) is -1.18. The summed E-state index contributed by atoms with van der Waals surface area (Å²) >= 11 is 0. The number of hydrogen-bond donors (Lipinski definition) is 0. The van der Waals surface area contributed by atoms with E-state index in [1.165, 1.54) is 19.2 Å². The molecular formula is C12H14F2N2O2. The maximum atomic E-state index is 13.6. The Morgan fingerprint density at radius 3 is 2.44 bits per heavy atom. The zero-order chi connectivity index (χ0) is 13.1. The van der Waals surface area contributed by atoms with Gasteiger partial charge in [-0.1, -0.05) is 0 Å². The first kappa shape index (κ1) is 12.6. The summed E-state index contributed by atoms with van der Waals surface area (Å²) in [6, 6.07) is 3.51. The summed E-state index contributed by atoms with van der Waals surface area (Å²) in [6.07, 6.45) is -0.380. The molecule has 0 unspecified atom stereocenters. The summed E-state index contributed by atoms with van der Waals surface area (Å²) in [5.41, 5.74) is 0.362. The van der Waals surface area contributed by atoms with E-state index in [1.54, 1.807) is 9.80 Å². The number of nitrogens with zero attached hydrogens (tertiary/aromatic N) is 2. The van der Waals surface area contributed by atoms with Crippen molar-refractivity contribution in [2.45, 2.75) is 0 Å². The van der Waals surface area contributed by atoms with E-state index in [-0.39, 0.29) is 6.09 Å². The molecule has 0 bridgehead atoms. The van der Waals surface area contributed by atoms with Crippen LogP contribution in [-0.4, -0.2) is 44.3 Å². The van der Waals surface area contributed by atoms with E-state index >= 15 is 0 Å². The minimum absolute atomic E-state index is 0.362. The third kappa shape index (κ3) is 2.52. The zero-order valence-corrected chi connectivity index (χ0v) is 10.0. The van der Waals surface area contributed by atoms with Crippen LogP contribution in [0.5, 0.6) is 0 Å². The Kier molecular flexibility index (Phi) is 3.64. The molecule has 98 valence electrons. The molecule has 1 aliphatic rings. The number of anilines is 1. The summed E-state index contributed by atoms with van der Waals surface area (Å²) in [6.45, 7) is 1.92. The topological polar surface area (TPSA) is 32.8 Å². The summed E-state index contributed by atoms with van der Waals surface area (Å²) < 4.78 is 31.0. The highest BCUT2D eigenvalue weighted by Crippen LogP contribution is 2.21. The quantitative estimate of drug-likeness (QED) is 0.768. The zero-order valence-electron chi connectivity index (χ0n) is 10.0. The van der Waals surface area contributed by atoms with E-state index in [2.05, 4.69) is 4.74 Å². The molecule has 1 saturated heterocycles. The molecule has 0 spiro atoms. The second-order valence-electron chi connectivity index (χ2n) is 4.04. The van der Waals surface area contributed by atoms with Crippen LogP contribution in [0.1, 0.15) is 0 Å². The minimum atomic E-state index is -0.593. The number of hydrogen-bond acceptors (Lipinski definition) is 3. The molecule has 0 aromatic heterocycles. The number of rotatable bonds is 1. The highest BCUT2D eigenvalue weighted by atomic mass is 19.1. The van der Waals surface area contributed by atoms with E-state index in [4.69, 9.17) is 0 Å². The van der Waals surface area contributed by atoms with Crippen LogP contribution in [0, 0.1) is 11.6 Å². The van der Waals surface area contributed by atoms with Crippen molar-refractivity contribution >= 4 is 11.8 Å². The lowest BCUT2D eigenvalue weighted by molar-refractivity contribution is 0.121. The molecular weight excluding hydrogens is 242 g/mol. The van der Waals surface area contributed by atoms with Crippen LogP contribution in [0.25, 0.3) is 0 Å². The van der Waals surface area contributed by atoms with Crippen LogP contribution >= 0.6 is 0 Å². The maximum Gasteiger partial charge on any atom is 0.409 e. The number of carbonyl (C=O) groups excluding carboxylic acids is 1. The number of methoxy groups -OCH3 is 1. The largest absolute Gasteiger partial charge is 0.453 e. The third-order valence-corrected chi connectivity index (χ3v) is 2.96. The van der Waals surface area contributed by atoms with Crippen molar-refractivity contribution in [2.75, 3.05) is 38.2 Å². The lowest BCUT2D eigenvalue weighted by atomic mass is 10.2. The van der Waals surface area contributed by atoms with Crippen LogP contribution in [0.2, 0.25) is 0 Å². The number of benzene rings is 1. The standard InChI is InChI=1S/C12H14F2N2O2/c1-18-12(17)16-6-4-15(5-7-16)11-3-2-9(13)8-10(11)14/h2-3,8H,4-7H2,1H3. The lowest BCUT2D eigenvalue weighted by Crippen LogP contribution is -2.49. The van der Waals surface area contributed by atoms with Gasteiger partial charge in [-0.3, -0.25) is 0 Å². The van der Waals surface area contributed by atoms with Gasteiger partial charge in [0.25, 0.3) is 0 Å². The first-order chi connectivity index (χ1) is 8.61. The van der Waals surface area contributed by atoms with Crippen molar-refractivity contribution < 1.29 is 18.3 Å². The molecule has 1 fully saturated rings. The average Bonchev–Trinajstić information content (AvgIpc) is 2.38. The second-order valence-corrected chi connectivity index (χ2v) is 4.04. The third-order valence-electron chi connectivity index (χ3n) is 2.96. The first-order valence-corrected chi connectivity index (χ1v) is 5.64. The fraction of sp³-hybridized carbons (Fsp3) is 0.417. The Morgan fingerprint density at radius 2 is 1.89 bits per heavy atom. The Bertz CT molecular complexity index is 446. The van der Waals surface area contributed by atoms with Gasteiger partial charge < -0.3 is 14.5 Å². The molecule has 2 rings (SSSR count). The number of amides is 1. The first-order valence-electron chi connectivity index (χ1n) is 5.64. The van der Waals surface area contributed by atoms with Crippen molar-refractivity contribution in [3.05, 3.63) is 29.8 Å². The molecule has 1 aliphatic heterocycles. The molecule has 1 aromatic rings. The van der Waals surface area contributed by atoms with Gasteiger partial charge in [0.15, 0.2) is 0 Å². The van der Waals surface area contributed by atoms with Gasteiger partial charge in [0.2, 0.25) is 0 Å². The SMILES string of the molecule is COC(=O)N1CCN(c2ccc(F)cc2F)CC1. The molecule has 18 heavy (non-hydrogen) atoms. The second kappa shape index (κ2) is 5.20. The molecule has 1 heterocycles. The van der Waals surface area contributed by atoms with Crippen LogP contribution in [0.3, 0.4) is 0 Å². The van der Waals surface area contributed by atoms with Crippen molar-refractivity contribution in [3.8, 4) is 0 Å². The van der Waals surface area contributed by atoms with Crippen molar-refractivity contribution in [1.29, 1.82) is 0 Å². The number of halogens is 2. The number of carbonyl (C=O) groups is 1. The van der Waals surface area contributed by atoms with E-state index < -0.39 is 11.6 Å². The molecule has 0 aliphatic carbocycles. The van der Waals surface area contributed by atoms with Crippen LogP contribution in [-0.2, 0) is 4.74 Å². The number of piperazine rings is 1. The Morgan fingerprint density at radius 1 is 1.22 bits per heavy atom. The normalized spacial score (nSPS) is 15.7. The van der Waals surface area contributed by atoms with Gasteiger partial charge in [0.05, 0.1) is 12.8 Å². The van der Waals surface area contributed by atoms with Crippen molar-refractivity contribution in [1.82, 2.24) is 4.90 Å². The molecule has 4 nitrogen and oxygen atoms in total. The molecule has 0 radical (unpaired) electrons.